The fourth-order valence-electron chi connectivity index (χ4n) is 2.31. The minimum Gasteiger partial charge on any atom is -0.400 e. The number of aromatic nitrogens is 7. The third-order valence-electron chi connectivity index (χ3n) is 3.44. The first-order valence-electron chi connectivity index (χ1n) is 6.98. The monoisotopic (exact) mass is 330 g/mol. The summed E-state index contributed by atoms with van der Waals surface area (Å²) in [7, 11) is 1.87. The zero-order valence-electron chi connectivity index (χ0n) is 12.8. The van der Waals surface area contributed by atoms with Gasteiger partial charge < -0.3 is 14.3 Å². The number of nitrogens with one attached hydrogen (secondary N) is 1. The molecule has 4 rings (SSSR count). The highest BCUT2D eigenvalue weighted by Gasteiger charge is 2.15. The van der Waals surface area contributed by atoms with Crippen molar-refractivity contribution in [2.45, 2.75) is 20.4 Å². The number of aryl methyl sites for hydroxylation is 3. The Morgan fingerprint density at radius 1 is 1.30 bits per heavy atom. The summed E-state index contributed by atoms with van der Waals surface area (Å²) in [6.07, 6.45) is 3.51. The molecule has 0 aromatic carbocycles. The molecule has 0 aliphatic rings. The van der Waals surface area contributed by atoms with Crippen LogP contribution in [0, 0.1) is 13.8 Å². The zero-order chi connectivity index (χ0) is 16.0. The summed E-state index contributed by atoms with van der Waals surface area (Å²) in [5, 5.41) is 16.6. The van der Waals surface area contributed by atoms with Crippen LogP contribution < -0.4 is 5.32 Å². The van der Waals surface area contributed by atoms with Gasteiger partial charge in [0.1, 0.15) is 5.01 Å². The predicted molar refractivity (Wildman–Crippen MR) is 84.2 cm³/mol. The van der Waals surface area contributed by atoms with Gasteiger partial charge in [0, 0.05) is 19.4 Å². The van der Waals surface area contributed by atoms with Gasteiger partial charge in [0.2, 0.25) is 4.96 Å². The molecule has 0 atom stereocenters. The van der Waals surface area contributed by atoms with E-state index in [2.05, 4.69) is 30.6 Å². The fraction of sp³-hybridized carbons (Fsp3) is 0.308. The largest absolute Gasteiger partial charge is 0.400 e. The molecule has 0 fully saturated rings. The summed E-state index contributed by atoms with van der Waals surface area (Å²) in [6.45, 7) is 4.42. The van der Waals surface area contributed by atoms with Gasteiger partial charge in [-0.2, -0.15) is 5.10 Å². The van der Waals surface area contributed by atoms with Crippen molar-refractivity contribution in [2.75, 3.05) is 5.32 Å². The number of fused-ring (bicyclic) bond motifs is 1. The van der Waals surface area contributed by atoms with E-state index >= 15 is 0 Å². The molecule has 10 heteroatoms. The standard InChI is InChI=1S/C13H14N8OS/c1-7-9(21-13(16-7)23-8(2)19-21)6-15-12-18-17-11(22-12)10-14-4-5-20(10)3/h4-5H,6H2,1-3H3,(H,15,18). The van der Waals surface area contributed by atoms with E-state index < -0.39 is 0 Å². The summed E-state index contributed by atoms with van der Waals surface area (Å²) in [4.78, 5) is 9.57. The Morgan fingerprint density at radius 3 is 2.96 bits per heavy atom. The molecule has 0 saturated carbocycles. The molecule has 23 heavy (non-hydrogen) atoms. The van der Waals surface area contributed by atoms with Crippen LogP contribution >= 0.6 is 11.3 Å². The maximum atomic E-state index is 5.60. The Morgan fingerprint density at radius 2 is 2.17 bits per heavy atom. The third kappa shape index (κ3) is 2.36. The van der Waals surface area contributed by atoms with Crippen molar-refractivity contribution >= 4 is 22.3 Å². The van der Waals surface area contributed by atoms with Crippen LogP contribution in [0.3, 0.4) is 0 Å². The second kappa shape index (κ2) is 5.16. The van der Waals surface area contributed by atoms with Crippen molar-refractivity contribution in [3.05, 3.63) is 28.8 Å². The van der Waals surface area contributed by atoms with Crippen LogP contribution in [0.5, 0.6) is 0 Å². The van der Waals surface area contributed by atoms with Gasteiger partial charge in [-0.1, -0.05) is 16.4 Å². The van der Waals surface area contributed by atoms with Crippen molar-refractivity contribution < 1.29 is 4.42 Å². The van der Waals surface area contributed by atoms with Crippen molar-refractivity contribution in [1.29, 1.82) is 0 Å². The Hall–Kier alpha value is -2.75. The normalized spacial score (nSPS) is 11.4. The van der Waals surface area contributed by atoms with Crippen LogP contribution in [0.4, 0.5) is 6.01 Å². The summed E-state index contributed by atoms with van der Waals surface area (Å²) in [6, 6.07) is 0.337. The second-order valence-electron chi connectivity index (χ2n) is 5.09. The van der Waals surface area contributed by atoms with Crippen LogP contribution in [-0.4, -0.2) is 34.3 Å². The van der Waals surface area contributed by atoms with Crippen LogP contribution in [0.15, 0.2) is 16.8 Å². The highest BCUT2D eigenvalue weighted by molar-refractivity contribution is 7.16. The maximum absolute atomic E-state index is 5.60. The minimum absolute atomic E-state index is 0.337. The van der Waals surface area contributed by atoms with Crippen LogP contribution in [0.2, 0.25) is 0 Å². The van der Waals surface area contributed by atoms with Gasteiger partial charge in [-0.3, -0.25) is 0 Å². The van der Waals surface area contributed by atoms with E-state index in [0.717, 1.165) is 21.4 Å². The second-order valence-corrected chi connectivity index (χ2v) is 6.25. The lowest BCUT2D eigenvalue weighted by atomic mass is 10.3. The minimum atomic E-state index is 0.337. The molecule has 4 heterocycles. The van der Waals surface area contributed by atoms with E-state index in [1.54, 1.807) is 17.5 Å². The molecule has 118 valence electrons. The van der Waals surface area contributed by atoms with Crippen molar-refractivity contribution in [3.8, 4) is 11.7 Å². The first-order valence-corrected chi connectivity index (χ1v) is 7.80. The molecule has 1 N–H and O–H groups in total. The van der Waals surface area contributed by atoms with Gasteiger partial charge in [0.15, 0.2) is 5.82 Å². The van der Waals surface area contributed by atoms with Crippen LogP contribution in [0.1, 0.15) is 16.4 Å². The lowest BCUT2D eigenvalue weighted by Gasteiger charge is -2.01. The third-order valence-corrected chi connectivity index (χ3v) is 4.27. The van der Waals surface area contributed by atoms with Crippen molar-refractivity contribution in [2.24, 2.45) is 7.05 Å². The lowest BCUT2D eigenvalue weighted by molar-refractivity contribution is 0.571. The predicted octanol–water partition coefficient (Wildman–Crippen LogP) is 1.80. The number of hydrogen-bond acceptors (Lipinski definition) is 8. The van der Waals surface area contributed by atoms with E-state index in [1.165, 1.54) is 0 Å². The van der Waals surface area contributed by atoms with Crippen molar-refractivity contribution in [1.82, 2.24) is 34.3 Å². The summed E-state index contributed by atoms with van der Waals surface area (Å²) >= 11 is 1.56. The maximum Gasteiger partial charge on any atom is 0.316 e. The highest BCUT2D eigenvalue weighted by atomic mass is 32.1. The van der Waals surface area contributed by atoms with E-state index in [4.69, 9.17) is 4.42 Å². The molecular formula is C13H14N8OS. The first kappa shape index (κ1) is 13.9. The molecule has 0 aliphatic heterocycles. The number of hydrogen-bond donors (Lipinski definition) is 1. The van der Waals surface area contributed by atoms with Gasteiger partial charge in [-0.25, -0.2) is 14.5 Å². The topological polar surface area (TPSA) is 99.0 Å². The number of imidazole rings is 2. The Bertz CT molecular complexity index is 978. The number of anilines is 1. The van der Waals surface area contributed by atoms with E-state index in [-0.39, 0.29) is 0 Å². The molecule has 0 radical (unpaired) electrons. The van der Waals surface area contributed by atoms with E-state index in [0.29, 0.717) is 24.3 Å². The lowest BCUT2D eigenvalue weighted by Crippen LogP contribution is -2.05. The van der Waals surface area contributed by atoms with Gasteiger partial charge in [0.05, 0.1) is 17.9 Å². The molecule has 0 spiro atoms. The summed E-state index contributed by atoms with van der Waals surface area (Å²) in [5.41, 5.74) is 1.90. The van der Waals surface area contributed by atoms with Gasteiger partial charge in [0.25, 0.3) is 5.89 Å². The molecule has 4 aromatic heterocycles. The van der Waals surface area contributed by atoms with Gasteiger partial charge in [-0.05, 0) is 13.8 Å². The molecule has 0 amide bonds. The molecule has 0 unspecified atom stereocenters. The SMILES string of the molecule is Cc1nn2c(CNc3nnc(-c4nccn4C)o3)c(C)nc2s1. The molecule has 0 saturated heterocycles. The highest BCUT2D eigenvalue weighted by Crippen LogP contribution is 2.20. The summed E-state index contributed by atoms with van der Waals surface area (Å²) in [5.74, 6) is 1.00. The number of rotatable bonds is 4. The van der Waals surface area contributed by atoms with Gasteiger partial charge >= 0.3 is 6.01 Å². The quantitative estimate of drug-likeness (QED) is 0.609. The molecule has 4 aromatic rings. The Kier molecular flexibility index (Phi) is 3.11. The smallest absolute Gasteiger partial charge is 0.316 e. The van der Waals surface area contributed by atoms with E-state index in [1.807, 2.05) is 36.2 Å². The fourth-order valence-corrected chi connectivity index (χ4v) is 3.11. The molecule has 9 nitrogen and oxygen atoms in total. The first-order chi connectivity index (χ1) is 11.1. The molecule has 0 aliphatic carbocycles. The van der Waals surface area contributed by atoms with Crippen LogP contribution in [-0.2, 0) is 13.6 Å². The van der Waals surface area contributed by atoms with Crippen molar-refractivity contribution in [3.63, 3.8) is 0 Å². The number of nitrogens with zero attached hydrogens (tertiary/aromatic N) is 7. The Labute approximate surface area is 135 Å². The van der Waals surface area contributed by atoms with E-state index in [9.17, 15) is 0 Å². The van der Waals surface area contributed by atoms with Gasteiger partial charge in [-0.15, -0.1) is 5.10 Å². The molecule has 0 bridgehead atoms. The molecular weight excluding hydrogens is 316 g/mol. The average molecular weight is 330 g/mol. The summed E-state index contributed by atoms with van der Waals surface area (Å²) < 4.78 is 9.27. The Balaban J connectivity index is 1.56. The zero-order valence-corrected chi connectivity index (χ0v) is 13.6. The average Bonchev–Trinajstić information content (AvgIpc) is 3.23. The van der Waals surface area contributed by atoms with Crippen LogP contribution in [0.25, 0.3) is 16.7 Å².